The molecule has 0 aromatic carbocycles. The fourth-order valence-corrected chi connectivity index (χ4v) is 3.92. The molecule has 0 saturated carbocycles. The second-order valence-electron chi connectivity index (χ2n) is 5.76. The van der Waals surface area contributed by atoms with E-state index in [1.54, 1.807) is 0 Å². The van der Waals surface area contributed by atoms with Crippen LogP contribution in [0.15, 0.2) is 18.3 Å². The Bertz CT molecular complexity index is 664. The topological polar surface area (TPSA) is 51.1 Å². The van der Waals surface area contributed by atoms with Gasteiger partial charge in [-0.2, -0.15) is 11.8 Å². The average Bonchev–Trinajstić information content (AvgIpc) is 2.62. The summed E-state index contributed by atoms with van der Waals surface area (Å²) in [5.74, 6) is 3.79. The average molecular weight is 389 g/mol. The maximum Gasteiger partial charge on any atom is 0.161 e. The molecule has 2 aliphatic rings. The third-order valence-corrected chi connectivity index (χ3v) is 5.21. The highest BCUT2D eigenvalue weighted by molar-refractivity contribution is 7.99. The lowest BCUT2D eigenvalue weighted by Crippen LogP contribution is -2.31. The second-order valence-corrected chi connectivity index (χ2v) is 6.91. The van der Waals surface area contributed by atoms with Gasteiger partial charge in [-0.25, -0.2) is 9.97 Å². The molecule has 1 atom stereocenters. The van der Waals surface area contributed by atoms with Crippen LogP contribution >= 0.6 is 36.6 Å². The number of hydrogen-bond acceptors (Lipinski definition) is 6. The Morgan fingerprint density at radius 3 is 2.71 bits per heavy atom. The van der Waals surface area contributed by atoms with Crippen molar-refractivity contribution in [3.63, 3.8) is 0 Å². The van der Waals surface area contributed by atoms with E-state index in [2.05, 4.69) is 9.88 Å². The van der Waals surface area contributed by atoms with Gasteiger partial charge in [-0.15, -0.1) is 24.8 Å². The third kappa shape index (κ3) is 4.04. The molecule has 2 aromatic heterocycles. The van der Waals surface area contributed by atoms with E-state index >= 15 is 0 Å². The summed E-state index contributed by atoms with van der Waals surface area (Å²) in [6, 6.07) is 3.96. The Hall–Kier alpha value is -0.820. The van der Waals surface area contributed by atoms with Crippen molar-refractivity contribution in [1.29, 1.82) is 0 Å². The standard InChI is InChI=1S/C16H20N4OS.2ClH/c1-2-7-20(8-3-1)16-14-12(5-4-6-17-14)18-15(19-16)13-11-22-10-9-21-13;;/h4-6,13H,1-3,7-11H2;2*1H. The first-order valence-corrected chi connectivity index (χ1v) is 9.14. The summed E-state index contributed by atoms with van der Waals surface area (Å²) in [5.41, 5.74) is 1.84. The summed E-state index contributed by atoms with van der Waals surface area (Å²) >= 11 is 1.91. The molecule has 2 aliphatic heterocycles. The van der Waals surface area contributed by atoms with Crippen LogP contribution in [0.4, 0.5) is 5.82 Å². The van der Waals surface area contributed by atoms with Crippen LogP contribution in [0.1, 0.15) is 31.2 Å². The van der Waals surface area contributed by atoms with E-state index in [1.165, 1.54) is 19.3 Å². The molecule has 5 nitrogen and oxygen atoms in total. The van der Waals surface area contributed by atoms with Gasteiger partial charge in [0.1, 0.15) is 11.6 Å². The number of halogens is 2. The summed E-state index contributed by atoms with van der Waals surface area (Å²) in [6.45, 7) is 2.90. The van der Waals surface area contributed by atoms with Crippen molar-refractivity contribution in [2.45, 2.75) is 25.4 Å². The number of anilines is 1. The zero-order chi connectivity index (χ0) is 14.8. The number of thioether (sulfide) groups is 1. The number of fused-ring (bicyclic) bond motifs is 1. The Morgan fingerprint density at radius 1 is 1.12 bits per heavy atom. The van der Waals surface area contributed by atoms with Crippen molar-refractivity contribution in [3.05, 3.63) is 24.2 Å². The van der Waals surface area contributed by atoms with E-state index in [4.69, 9.17) is 14.7 Å². The van der Waals surface area contributed by atoms with Crippen LogP contribution in [0.25, 0.3) is 11.0 Å². The van der Waals surface area contributed by atoms with Crippen molar-refractivity contribution in [2.75, 3.05) is 36.1 Å². The Kier molecular flexibility index (Phi) is 7.34. The lowest BCUT2D eigenvalue weighted by atomic mass is 10.1. The van der Waals surface area contributed by atoms with Crippen molar-refractivity contribution in [3.8, 4) is 0 Å². The van der Waals surface area contributed by atoms with Crippen molar-refractivity contribution < 1.29 is 4.74 Å². The number of nitrogens with zero attached hydrogens (tertiary/aromatic N) is 4. The van der Waals surface area contributed by atoms with Crippen LogP contribution in [-0.4, -0.2) is 46.2 Å². The zero-order valence-electron chi connectivity index (χ0n) is 13.4. The van der Waals surface area contributed by atoms with Crippen LogP contribution in [0.3, 0.4) is 0 Å². The maximum absolute atomic E-state index is 5.87. The number of hydrogen-bond donors (Lipinski definition) is 0. The highest BCUT2D eigenvalue weighted by atomic mass is 35.5. The predicted molar refractivity (Wildman–Crippen MR) is 104 cm³/mol. The fourth-order valence-electron chi connectivity index (χ4n) is 3.08. The Balaban J connectivity index is 0.00000104. The molecule has 24 heavy (non-hydrogen) atoms. The van der Waals surface area contributed by atoms with E-state index in [9.17, 15) is 0 Å². The highest BCUT2D eigenvalue weighted by Gasteiger charge is 2.23. The molecule has 4 rings (SSSR count). The van der Waals surface area contributed by atoms with Gasteiger partial charge in [0.05, 0.1) is 12.1 Å². The third-order valence-electron chi connectivity index (χ3n) is 4.21. The lowest BCUT2D eigenvalue weighted by Gasteiger charge is -2.29. The molecule has 0 radical (unpaired) electrons. The van der Waals surface area contributed by atoms with E-state index in [0.29, 0.717) is 0 Å². The highest BCUT2D eigenvalue weighted by Crippen LogP contribution is 2.30. The molecular formula is C16H22Cl2N4OS. The number of pyridine rings is 1. The van der Waals surface area contributed by atoms with Gasteiger partial charge in [-0.05, 0) is 31.4 Å². The van der Waals surface area contributed by atoms with Gasteiger partial charge >= 0.3 is 0 Å². The van der Waals surface area contributed by atoms with E-state index in [-0.39, 0.29) is 30.9 Å². The van der Waals surface area contributed by atoms with Gasteiger partial charge in [-0.3, -0.25) is 4.98 Å². The number of rotatable bonds is 2. The first kappa shape index (κ1) is 19.5. The molecule has 0 N–H and O–H groups in total. The van der Waals surface area contributed by atoms with Crippen LogP contribution in [0.2, 0.25) is 0 Å². The zero-order valence-corrected chi connectivity index (χ0v) is 15.8. The van der Waals surface area contributed by atoms with E-state index in [0.717, 1.165) is 53.9 Å². The van der Waals surface area contributed by atoms with E-state index < -0.39 is 0 Å². The van der Waals surface area contributed by atoms with Crippen LogP contribution in [0.5, 0.6) is 0 Å². The molecule has 0 amide bonds. The maximum atomic E-state index is 5.87. The van der Waals surface area contributed by atoms with Crippen LogP contribution < -0.4 is 4.90 Å². The van der Waals surface area contributed by atoms with Gasteiger partial charge < -0.3 is 9.64 Å². The monoisotopic (exact) mass is 388 g/mol. The number of piperidine rings is 1. The molecule has 8 heteroatoms. The molecular weight excluding hydrogens is 367 g/mol. The van der Waals surface area contributed by atoms with Gasteiger partial charge in [0.25, 0.3) is 0 Å². The quantitative estimate of drug-likeness (QED) is 0.781. The summed E-state index contributed by atoms with van der Waals surface area (Å²) in [5, 5.41) is 0. The van der Waals surface area contributed by atoms with Crippen LogP contribution in [0, 0.1) is 0 Å². The molecule has 2 saturated heterocycles. The summed E-state index contributed by atoms with van der Waals surface area (Å²) < 4.78 is 5.87. The van der Waals surface area contributed by atoms with Crippen molar-refractivity contribution in [1.82, 2.24) is 15.0 Å². The van der Waals surface area contributed by atoms with E-state index in [1.807, 2.05) is 30.1 Å². The normalized spacial score (nSPS) is 21.0. The first-order valence-electron chi connectivity index (χ1n) is 7.99. The lowest BCUT2D eigenvalue weighted by molar-refractivity contribution is 0.0697. The smallest absolute Gasteiger partial charge is 0.161 e. The summed E-state index contributed by atoms with van der Waals surface area (Å²) in [6.07, 6.45) is 5.59. The first-order chi connectivity index (χ1) is 10.9. The molecule has 132 valence electrons. The molecule has 1 unspecified atom stereocenters. The summed E-state index contributed by atoms with van der Waals surface area (Å²) in [7, 11) is 0. The van der Waals surface area contributed by atoms with Gasteiger partial charge in [0, 0.05) is 30.8 Å². The van der Waals surface area contributed by atoms with Gasteiger partial charge in [-0.1, -0.05) is 0 Å². The minimum Gasteiger partial charge on any atom is -0.368 e. The number of ether oxygens (including phenoxy) is 1. The molecule has 2 fully saturated rings. The molecule has 0 bridgehead atoms. The second kappa shape index (κ2) is 9.04. The molecule has 0 spiro atoms. The molecule has 2 aromatic rings. The number of aromatic nitrogens is 3. The van der Waals surface area contributed by atoms with Crippen molar-refractivity contribution in [2.24, 2.45) is 0 Å². The van der Waals surface area contributed by atoms with Gasteiger partial charge in [0.2, 0.25) is 0 Å². The predicted octanol–water partition coefficient (Wildman–Crippen LogP) is 3.66. The minimum absolute atomic E-state index is 0. The largest absolute Gasteiger partial charge is 0.368 e. The van der Waals surface area contributed by atoms with Crippen molar-refractivity contribution >= 4 is 53.4 Å². The fraction of sp³-hybridized carbons (Fsp3) is 0.562. The van der Waals surface area contributed by atoms with Crippen LogP contribution in [-0.2, 0) is 4.74 Å². The van der Waals surface area contributed by atoms with Gasteiger partial charge in [0.15, 0.2) is 11.6 Å². The SMILES string of the molecule is Cl.Cl.c1cnc2c(N3CCCCC3)nc(C3CSCCO3)nc2c1. The minimum atomic E-state index is 0. The Labute approximate surface area is 158 Å². The summed E-state index contributed by atoms with van der Waals surface area (Å²) in [4.78, 5) is 16.5. The molecule has 0 aliphatic carbocycles. The Morgan fingerprint density at radius 2 is 1.96 bits per heavy atom. The molecule has 4 heterocycles.